The summed E-state index contributed by atoms with van der Waals surface area (Å²) in [7, 11) is 0. The van der Waals surface area contributed by atoms with Crippen LogP contribution in [0.25, 0.3) is 11.1 Å². The SMILES string of the molecule is O=C(O)c1cccc2c1C(=O)c1ccc(Cl)c([N+](=O)[O-])c1-2. The lowest BCUT2D eigenvalue weighted by molar-refractivity contribution is -0.384. The minimum Gasteiger partial charge on any atom is -0.478 e. The molecule has 0 bridgehead atoms. The van der Waals surface area contributed by atoms with Crippen LogP contribution in [0.2, 0.25) is 5.02 Å². The van der Waals surface area contributed by atoms with Crippen LogP contribution in [-0.2, 0) is 0 Å². The van der Waals surface area contributed by atoms with Crippen LogP contribution in [0.3, 0.4) is 0 Å². The quantitative estimate of drug-likeness (QED) is 0.579. The minimum atomic E-state index is -1.26. The predicted octanol–water partition coefficient (Wildman–Crippen LogP) is 3.16. The van der Waals surface area contributed by atoms with Crippen LogP contribution in [0.4, 0.5) is 5.69 Å². The van der Waals surface area contributed by atoms with Gasteiger partial charge in [-0.1, -0.05) is 23.7 Å². The fourth-order valence-electron chi connectivity index (χ4n) is 2.52. The van der Waals surface area contributed by atoms with Gasteiger partial charge in [0.05, 0.1) is 16.1 Å². The molecule has 0 fully saturated rings. The fourth-order valence-corrected chi connectivity index (χ4v) is 2.75. The first-order valence-electron chi connectivity index (χ1n) is 5.81. The zero-order chi connectivity index (χ0) is 15.3. The average molecular weight is 304 g/mol. The Morgan fingerprint density at radius 3 is 2.48 bits per heavy atom. The number of carbonyl (C=O) groups is 2. The number of carboxylic acid groups (broad SMARTS) is 1. The Hall–Kier alpha value is -2.73. The van der Waals surface area contributed by atoms with Gasteiger partial charge in [0, 0.05) is 16.7 Å². The normalized spacial score (nSPS) is 12.0. The first-order chi connectivity index (χ1) is 9.93. The van der Waals surface area contributed by atoms with Crippen LogP contribution < -0.4 is 0 Å². The van der Waals surface area contributed by atoms with E-state index in [2.05, 4.69) is 0 Å². The van der Waals surface area contributed by atoms with Crippen LogP contribution in [0.1, 0.15) is 26.3 Å². The fraction of sp³-hybridized carbons (Fsp3) is 0. The molecule has 0 atom stereocenters. The van der Waals surface area contributed by atoms with Crippen LogP contribution in [0, 0.1) is 10.1 Å². The molecule has 0 saturated heterocycles. The van der Waals surface area contributed by atoms with Crippen molar-refractivity contribution in [3.8, 4) is 11.1 Å². The van der Waals surface area contributed by atoms with Crippen molar-refractivity contribution in [3.63, 3.8) is 0 Å². The zero-order valence-electron chi connectivity index (χ0n) is 10.3. The zero-order valence-corrected chi connectivity index (χ0v) is 11.0. The number of nitro groups is 1. The number of benzene rings is 2. The van der Waals surface area contributed by atoms with E-state index in [9.17, 15) is 19.7 Å². The van der Waals surface area contributed by atoms with Crippen molar-refractivity contribution in [2.45, 2.75) is 0 Å². The van der Waals surface area contributed by atoms with Gasteiger partial charge in [-0.05, 0) is 18.2 Å². The summed E-state index contributed by atoms with van der Waals surface area (Å²) in [4.78, 5) is 34.1. The summed E-state index contributed by atoms with van der Waals surface area (Å²) in [5.74, 6) is -1.81. The third kappa shape index (κ3) is 1.73. The summed E-state index contributed by atoms with van der Waals surface area (Å²) in [6.45, 7) is 0. The van der Waals surface area contributed by atoms with Crippen molar-refractivity contribution >= 4 is 29.0 Å². The van der Waals surface area contributed by atoms with Gasteiger partial charge >= 0.3 is 5.97 Å². The first-order valence-corrected chi connectivity index (χ1v) is 6.19. The van der Waals surface area contributed by atoms with E-state index in [-0.39, 0.29) is 38.5 Å². The summed E-state index contributed by atoms with van der Waals surface area (Å²) in [6.07, 6.45) is 0. The molecule has 104 valence electrons. The highest BCUT2D eigenvalue weighted by Gasteiger charge is 2.37. The maximum Gasteiger partial charge on any atom is 0.336 e. The van der Waals surface area contributed by atoms with Gasteiger partial charge in [-0.3, -0.25) is 14.9 Å². The minimum absolute atomic E-state index is 0.0367. The average Bonchev–Trinajstić information content (AvgIpc) is 2.72. The lowest BCUT2D eigenvalue weighted by Crippen LogP contribution is -2.06. The molecule has 0 aromatic heterocycles. The summed E-state index contributed by atoms with van der Waals surface area (Å²) in [5.41, 5.74) is -0.206. The number of carbonyl (C=O) groups excluding carboxylic acids is 1. The first kappa shape index (κ1) is 13.3. The van der Waals surface area contributed by atoms with Gasteiger partial charge in [0.15, 0.2) is 5.78 Å². The molecule has 0 amide bonds. The van der Waals surface area contributed by atoms with Crippen LogP contribution in [0.5, 0.6) is 0 Å². The van der Waals surface area contributed by atoms with Gasteiger partial charge in [-0.2, -0.15) is 0 Å². The molecule has 0 saturated carbocycles. The standard InChI is InChI=1S/C14H6ClNO5/c15-9-5-4-7-10(12(9)16(20)21)6-2-1-3-8(14(18)19)11(6)13(7)17/h1-5H,(H,18,19). The molecule has 2 aromatic carbocycles. The topological polar surface area (TPSA) is 97.5 Å². The number of fused-ring (bicyclic) bond motifs is 3. The summed E-state index contributed by atoms with van der Waals surface area (Å²) >= 11 is 5.85. The van der Waals surface area contributed by atoms with Crippen LogP contribution in [-0.4, -0.2) is 21.8 Å². The number of hydrogen-bond acceptors (Lipinski definition) is 4. The van der Waals surface area contributed by atoms with Crippen LogP contribution in [0.15, 0.2) is 30.3 Å². The molecule has 7 heteroatoms. The van der Waals surface area contributed by atoms with E-state index in [1.165, 1.54) is 30.3 Å². The Morgan fingerprint density at radius 1 is 1.14 bits per heavy atom. The molecule has 2 aromatic rings. The largest absolute Gasteiger partial charge is 0.478 e. The second kappa shape index (κ2) is 4.39. The maximum absolute atomic E-state index is 12.4. The van der Waals surface area contributed by atoms with E-state index in [0.717, 1.165) is 0 Å². The molecule has 0 radical (unpaired) electrons. The van der Waals surface area contributed by atoms with E-state index >= 15 is 0 Å². The van der Waals surface area contributed by atoms with Gasteiger partial charge in [0.1, 0.15) is 5.02 Å². The highest BCUT2D eigenvalue weighted by Crippen LogP contribution is 2.46. The smallest absolute Gasteiger partial charge is 0.336 e. The Labute approximate surface area is 122 Å². The lowest BCUT2D eigenvalue weighted by atomic mass is 10.0. The molecule has 1 aliphatic rings. The highest BCUT2D eigenvalue weighted by molar-refractivity contribution is 6.35. The van der Waals surface area contributed by atoms with E-state index < -0.39 is 16.7 Å². The van der Waals surface area contributed by atoms with Crippen LogP contribution >= 0.6 is 11.6 Å². The molecule has 1 aliphatic carbocycles. The number of nitrogens with zero attached hydrogens (tertiary/aromatic N) is 1. The van der Waals surface area contributed by atoms with Gasteiger partial charge < -0.3 is 5.11 Å². The van der Waals surface area contributed by atoms with Crippen molar-refractivity contribution in [3.05, 3.63) is 62.2 Å². The molecular formula is C14H6ClNO5. The maximum atomic E-state index is 12.4. The molecule has 0 unspecified atom stereocenters. The Balaban J connectivity index is 2.45. The van der Waals surface area contributed by atoms with Gasteiger partial charge in [-0.15, -0.1) is 0 Å². The molecule has 0 heterocycles. The van der Waals surface area contributed by atoms with Gasteiger partial charge in [-0.25, -0.2) is 4.79 Å². The molecule has 1 N–H and O–H groups in total. The number of carboxylic acids is 1. The molecule has 0 spiro atoms. The number of ketones is 1. The van der Waals surface area contributed by atoms with Crippen molar-refractivity contribution in [1.29, 1.82) is 0 Å². The number of rotatable bonds is 2. The van der Waals surface area contributed by atoms with Crippen molar-refractivity contribution < 1.29 is 19.6 Å². The van der Waals surface area contributed by atoms with Gasteiger partial charge in [0.2, 0.25) is 0 Å². The molecular weight excluding hydrogens is 298 g/mol. The Bertz CT molecular complexity index is 843. The Morgan fingerprint density at radius 2 is 1.86 bits per heavy atom. The second-order valence-corrected chi connectivity index (χ2v) is 4.85. The number of aromatic carboxylic acids is 1. The van der Waals surface area contributed by atoms with E-state index in [1.807, 2.05) is 0 Å². The van der Waals surface area contributed by atoms with Crippen molar-refractivity contribution in [2.24, 2.45) is 0 Å². The summed E-state index contributed by atoms with van der Waals surface area (Å²) < 4.78 is 0. The van der Waals surface area contributed by atoms with E-state index in [1.54, 1.807) is 0 Å². The lowest BCUT2D eigenvalue weighted by Gasteiger charge is -2.04. The number of nitro benzene ring substituents is 1. The molecule has 0 aliphatic heterocycles. The number of hydrogen-bond donors (Lipinski definition) is 1. The van der Waals surface area contributed by atoms with Gasteiger partial charge in [0.25, 0.3) is 5.69 Å². The predicted molar refractivity (Wildman–Crippen MR) is 73.9 cm³/mol. The summed E-state index contributed by atoms with van der Waals surface area (Å²) in [5, 5.41) is 20.3. The highest BCUT2D eigenvalue weighted by atomic mass is 35.5. The molecule has 3 rings (SSSR count). The third-order valence-corrected chi connectivity index (χ3v) is 3.65. The van der Waals surface area contributed by atoms with Crippen molar-refractivity contribution in [1.82, 2.24) is 0 Å². The second-order valence-electron chi connectivity index (χ2n) is 4.44. The summed E-state index contributed by atoms with van der Waals surface area (Å²) in [6, 6.07) is 6.85. The molecule has 21 heavy (non-hydrogen) atoms. The Kier molecular flexibility index (Phi) is 2.77. The number of halogens is 1. The van der Waals surface area contributed by atoms with E-state index in [4.69, 9.17) is 16.7 Å². The third-order valence-electron chi connectivity index (χ3n) is 3.35. The monoisotopic (exact) mass is 303 g/mol. The molecule has 6 nitrogen and oxygen atoms in total. The van der Waals surface area contributed by atoms with E-state index in [0.29, 0.717) is 0 Å². The van der Waals surface area contributed by atoms with Crippen molar-refractivity contribution in [2.75, 3.05) is 0 Å².